The summed E-state index contributed by atoms with van der Waals surface area (Å²) in [5.41, 5.74) is 1.89. The van der Waals surface area contributed by atoms with Crippen LogP contribution in [0.25, 0.3) is 11.2 Å². The summed E-state index contributed by atoms with van der Waals surface area (Å²) < 4.78 is 6.65. The topological polar surface area (TPSA) is 102 Å². The second-order valence-electron chi connectivity index (χ2n) is 5.54. The van der Waals surface area contributed by atoms with E-state index in [9.17, 15) is 9.59 Å². The number of aromatic nitrogens is 4. The van der Waals surface area contributed by atoms with Crippen molar-refractivity contribution in [3.8, 4) is 5.75 Å². The minimum atomic E-state index is -0.263. The minimum absolute atomic E-state index is 0.0645. The Morgan fingerprint density at radius 1 is 1.40 bits per heavy atom. The largest absolute Gasteiger partial charge is 0.497 e. The average Bonchev–Trinajstić information content (AvgIpc) is 2.96. The fourth-order valence-corrected chi connectivity index (χ4v) is 2.59. The molecule has 3 rings (SSSR count). The van der Waals surface area contributed by atoms with Crippen LogP contribution in [0.15, 0.2) is 41.6 Å². The molecule has 0 saturated heterocycles. The van der Waals surface area contributed by atoms with Gasteiger partial charge in [0.25, 0.3) is 0 Å². The third kappa shape index (κ3) is 4.03. The number of rotatable bonds is 7. The molecule has 0 aliphatic heterocycles. The first kappa shape index (κ1) is 16.7. The predicted octanol–water partition coefficient (Wildman–Crippen LogP) is 0.877. The summed E-state index contributed by atoms with van der Waals surface area (Å²) >= 11 is 0. The summed E-state index contributed by atoms with van der Waals surface area (Å²) in [6.45, 7) is 0.703. The summed E-state index contributed by atoms with van der Waals surface area (Å²) in [5, 5.41) is 2.82. The van der Waals surface area contributed by atoms with E-state index >= 15 is 0 Å². The molecule has 0 fully saturated rings. The van der Waals surface area contributed by atoms with Crippen molar-refractivity contribution in [2.45, 2.75) is 19.4 Å². The number of amides is 1. The number of hydrogen-bond donors (Lipinski definition) is 2. The SMILES string of the molecule is COc1cccc(CCC(=O)NCCn2c(=O)[nH]c3cncnc32)c1. The summed E-state index contributed by atoms with van der Waals surface area (Å²) in [6.07, 6.45) is 3.94. The number of hydrogen-bond acceptors (Lipinski definition) is 5. The molecule has 0 atom stereocenters. The van der Waals surface area contributed by atoms with Crippen LogP contribution in [0.5, 0.6) is 5.75 Å². The molecule has 1 aromatic carbocycles. The van der Waals surface area contributed by atoms with Crippen LogP contribution < -0.4 is 15.7 Å². The van der Waals surface area contributed by atoms with Crippen LogP contribution in [0.3, 0.4) is 0 Å². The molecule has 3 aromatic rings. The van der Waals surface area contributed by atoms with Gasteiger partial charge in [0.05, 0.1) is 13.3 Å². The van der Waals surface area contributed by atoms with Crippen LogP contribution in [0.4, 0.5) is 0 Å². The molecule has 8 nitrogen and oxygen atoms in total. The van der Waals surface area contributed by atoms with Crippen LogP contribution in [0.2, 0.25) is 0 Å². The van der Waals surface area contributed by atoms with Gasteiger partial charge in [-0.15, -0.1) is 0 Å². The van der Waals surface area contributed by atoms with E-state index < -0.39 is 0 Å². The molecule has 1 amide bonds. The molecule has 2 aromatic heterocycles. The number of nitrogens with zero attached hydrogens (tertiary/aromatic N) is 3. The first-order chi connectivity index (χ1) is 12.2. The summed E-state index contributed by atoms with van der Waals surface area (Å²) in [5.74, 6) is 0.712. The molecule has 0 radical (unpaired) electrons. The molecule has 25 heavy (non-hydrogen) atoms. The zero-order valence-electron chi connectivity index (χ0n) is 13.9. The van der Waals surface area contributed by atoms with Crippen LogP contribution in [0.1, 0.15) is 12.0 Å². The highest BCUT2D eigenvalue weighted by Crippen LogP contribution is 2.13. The van der Waals surface area contributed by atoms with Crippen molar-refractivity contribution >= 4 is 17.1 Å². The Bertz CT molecular complexity index is 931. The van der Waals surface area contributed by atoms with E-state index in [0.29, 0.717) is 37.1 Å². The monoisotopic (exact) mass is 341 g/mol. The van der Waals surface area contributed by atoms with Gasteiger partial charge in [0, 0.05) is 19.5 Å². The molecule has 0 bridgehead atoms. The van der Waals surface area contributed by atoms with Crippen molar-refractivity contribution in [3.63, 3.8) is 0 Å². The number of nitrogens with one attached hydrogen (secondary N) is 2. The van der Waals surface area contributed by atoms with Gasteiger partial charge < -0.3 is 15.0 Å². The van der Waals surface area contributed by atoms with E-state index in [0.717, 1.165) is 11.3 Å². The second-order valence-corrected chi connectivity index (χ2v) is 5.54. The Labute approximate surface area is 143 Å². The van der Waals surface area contributed by atoms with E-state index in [2.05, 4.69) is 20.3 Å². The summed E-state index contributed by atoms with van der Waals surface area (Å²) in [7, 11) is 1.61. The third-order valence-corrected chi connectivity index (χ3v) is 3.87. The Hall–Kier alpha value is -3.16. The molecule has 8 heteroatoms. The number of imidazole rings is 1. The number of ether oxygens (including phenoxy) is 1. The Morgan fingerprint density at radius 3 is 3.12 bits per heavy atom. The van der Waals surface area contributed by atoms with Crippen molar-refractivity contribution in [2.75, 3.05) is 13.7 Å². The highest BCUT2D eigenvalue weighted by atomic mass is 16.5. The third-order valence-electron chi connectivity index (χ3n) is 3.87. The molecular formula is C17H19N5O3. The normalized spacial score (nSPS) is 10.8. The number of aromatic amines is 1. The van der Waals surface area contributed by atoms with Gasteiger partial charge >= 0.3 is 5.69 Å². The maximum atomic E-state index is 12.0. The fraction of sp³-hybridized carbons (Fsp3) is 0.294. The van der Waals surface area contributed by atoms with Gasteiger partial charge in [-0.05, 0) is 24.1 Å². The van der Waals surface area contributed by atoms with Crippen molar-refractivity contribution in [1.82, 2.24) is 24.8 Å². The standard InChI is InChI=1S/C17H19N5O3/c1-25-13-4-2-3-12(9-13)5-6-15(23)19-7-8-22-16-14(21-17(22)24)10-18-11-20-16/h2-4,9-11H,5-8H2,1H3,(H,19,23)(H,21,24). The highest BCUT2D eigenvalue weighted by Gasteiger charge is 2.08. The molecule has 0 aliphatic carbocycles. The van der Waals surface area contributed by atoms with E-state index in [-0.39, 0.29) is 11.6 Å². The van der Waals surface area contributed by atoms with Gasteiger partial charge in [0.2, 0.25) is 5.91 Å². The van der Waals surface area contributed by atoms with E-state index in [1.54, 1.807) is 13.3 Å². The van der Waals surface area contributed by atoms with Gasteiger partial charge in [0.1, 0.15) is 17.6 Å². The van der Waals surface area contributed by atoms with E-state index in [1.807, 2.05) is 24.3 Å². The quantitative estimate of drug-likeness (QED) is 0.664. The lowest BCUT2D eigenvalue weighted by molar-refractivity contribution is -0.121. The maximum Gasteiger partial charge on any atom is 0.327 e. The lowest BCUT2D eigenvalue weighted by Crippen LogP contribution is -2.30. The molecule has 0 aliphatic rings. The summed E-state index contributed by atoms with van der Waals surface area (Å²) in [6, 6.07) is 7.64. The molecule has 2 heterocycles. The first-order valence-electron chi connectivity index (χ1n) is 7.95. The van der Waals surface area contributed by atoms with Crippen LogP contribution >= 0.6 is 0 Å². The maximum absolute atomic E-state index is 12.0. The van der Waals surface area contributed by atoms with Crippen LogP contribution in [0, 0.1) is 0 Å². The second kappa shape index (κ2) is 7.61. The highest BCUT2D eigenvalue weighted by molar-refractivity contribution is 5.76. The van der Waals surface area contributed by atoms with Crippen molar-refractivity contribution in [3.05, 3.63) is 52.8 Å². The lowest BCUT2D eigenvalue weighted by atomic mass is 10.1. The van der Waals surface area contributed by atoms with Crippen molar-refractivity contribution < 1.29 is 9.53 Å². The number of methoxy groups -OCH3 is 1. The van der Waals surface area contributed by atoms with Gasteiger partial charge in [-0.3, -0.25) is 9.36 Å². The van der Waals surface area contributed by atoms with Gasteiger partial charge in [-0.1, -0.05) is 12.1 Å². The number of carbonyl (C=O) groups excluding carboxylic acids is 1. The van der Waals surface area contributed by atoms with Gasteiger partial charge in [-0.2, -0.15) is 0 Å². The number of carbonyl (C=O) groups is 1. The Morgan fingerprint density at radius 2 is 2.28 bits per heavy atom. The number of benzene rings is 1. The predicted molar refractivity (Wildman–Crippen MR) is 92.5 cm³/mol. The van der Waals surface area contributed by atoms with Crippen molar-refractivity contribution in [2.24, 2.45) is 0 Å². The number of H-pyrrole nitrogens is 1. The zero-order valence-corrected chi connectivity index (χ0v) is 13.9. The average molecular weight is 341 g/mol. The molecule has 130 valence electrons. The van der Waals surface area contributed by atoms with E-state index in [4.69, 9.17) is 4.74 Å². The van der Waals surface area contributed by atoms with E-state index in [1.165, 1.54) is 10.9 Å². The minimum Gasteiger partial charge on any atom is -0.497 e. The first-order valence-corrected chi connectivity index (χ1v) is 7.95. The molecule has 0 spiro atoms. The molecule has 0 unspecified atom stereocenters. The fourth-order valence-electron chi connectivity index (χ4n) is 2.59. The lowest BCUT2D eigenvalue weighted by Gasteiger charge is -2.07. The Balaban J connectivity index is 1.50. The number of fused-ring (bicyclic) bond motifs is 1. The van der Waals surface area contributed by atoms with Crippen LogP contribution in [-0.2, 0) is 17.8 Å². The molecular weight excluding hydrogens is 322 g/mol. The zero-order chi connectivity index (χ0) is 17.6. The molecule has 2 N–H and O–H groups in total. The summed E-state index contributed by atoms with van der Waals surface area (Å²) in [4.78, 5) is 34.5. The van der Waals surface area contributed by atoms with Crippen LogP contribution in [-0.4, -0.2) is 39.1 Å². The number of aryl methyl sites for hydroxylation is 1. The van der Waals surface area contributed by atoms with Crippen molar-refractivity contribution in [1.29, 1.82) is 0 Å². The van der Waals surface area contributed by atoms with Gasteiger partial charge in [-0.25, -0.2) is 14.8 Å². The van der Waals surface area contributed by atoms with Gasteiger partial charge in [0.15, 0.2) is 5.65 Å². The Kier molecular flexibility index (Phi) is 5.08. The molecule has 0 saturated carbocycles. The smallest absolute Gasteiger partial charge is 0.327 e.